The maximum Gasteiger partial charge on any atom is 0.261 e. The zero-order valence-corrected chi connectivity index (χ0v) is 9.84. The summed E-state index contributed by atoms with van der Waals surface area (Å²) in [7, 11) is 0. The summed E-state index contributed by atoms with van der Waals surface area (Å²) in [5.74, 6) is -0.718. The summed E-state index contributed by atoms with van der Waals surface area (Å²) in [6.07, 6.45) is 0.722. The van der Waals surface area contributed by atoms with E-state index in [1.807, 2.05) is 6.92 Å². The van der Waals surface area contributed by atoms with Crippen LogP contribution in [-0.2, 0) is 0 Å². The Bertz CT molecular complexity index is 387. The number of nitrogens with two attached hydrogens (primary N) is 2. The van der Waals surface area contributed by atoms with Crippen LogP contribution in [0.5, 0.6) is 0 Å². The average Bonchev–Trinajstić information content (AvgIpc) is 2.65. The van der Waals surface area contributed by atoms with Crippen molar-refractivity contribution < 1.29 is 9.59 Å². The normalized spacial score (nSPS) is 12.1. The zero-order valence-electron chi connectivity index (χ0n) is 9.03. The molecule has 88 valence electrons. The van der Waals surface area contributed by atoms with E-state index in [9.17, 15) is 9.59 Å². The number of thiophene rings is 1. The van der Waals surface area contributed by atoms with Crippen LogP contribution in [0.1, 0.15) is 33.4 Å². The van der Waals surface area contributed by atoms with E-state index in [4.69, 9.17) is 11.5 Å². The van der Waals surface area contributed by atoms with Crippen molar-refractivity contribution >= 4 is 23.2 Å². The van der Waals surface area contributed by atoms with E-state index in [2.05, 4.69) is 5.32 Å². The van der Waals surface area contributed by atoms with Gasteiger partial charge in [0.15, 0.2) is 0 Å². The SMILES string of the molecule is CC(N)CCNC(=O)c1cc(C(N)=O)cs1. The van der Waals surface area contributed by atoms with Gasteiger partial charge >= 0.3 is 0 Å². The summed E-state index contributed by atoms with van der Waals surface area (Å²) < 4.78 is 0. The summed E-state index contributed by atoms with van der Waals surface area (Å²) in [6, 6.07) is 1.55. The number of amides is 2. The van der Waals surface area contributed by atoms with Gasteiger partial charge in [-0.25, -0.2) is 0 Å². The van der Waals surface area contributed by atoms with Gasteiger partial charge in [-0.2, -0.15) is 0 Å². The number of hydrogen-bond acceptors (Lipinski definition) is 4. The van der Waals surface area contributed by atoms with Crippen LogP contribution in [0.15, 0.2) is 11.4 Å². The Morgan fingerprint density at radius 3 is 2.75 bits per heavy atom. The van der Waals surface area contributed by atoms with Gasteiger partial charge in [0, 0.05) is 18.0 Å². The summed E-state index contributed by atoms with van der Waals surface area (Å²) >= 11 is 1.20. The van der Waals surface area contributed by atoms with Gasteiger partial charge in [-0.1, -0.05) is 0 Å². The number of rotatable bonds is 5. The Labute approximate surface area is 97.8 Å². The molecule has 0 radical (unpaired) electrons. The number of hydrogen-bond donors (Lipinski definition) is 3. The first kappa shape index (κ1) is 12.7. The van der Waals surface area contributed by atoms with Crippen molar-refractivity contribution in [2.75, 3.05) is 6.54 Å². The van der Waals surface area contributed by atoms with E-state index in [-0.39, 0.29) is 11.9 Å². The molecular weight excluding hydrogens is 226 g/mol. The molecule has 0 fully saturated rings. The number of carbonyl (C=O) groups is 2. The zero-order chi connectivity index (χ0) is 12.1. The Kier molecular flexibility index (Phi) is 4.45. The van der Waals surface area contributed by atoms with Crippen LogP contribution in [0.2, 0.25) is 0 Å². The summed E-state index contributed by atoms with van der Waals surface area (Å²) in [4.78, 5) is 22.9. The second kappa shape index (κ2) is 5.62. The second-order valence-electron chi connectivity index (χ2n) is 3.59. The first-order chi connectivity index (χ1) is 7.50. The van der Waals surface area contributed by atoms with Crippen LogP contribution in [0.25, 0.3) is 0 Å². The van der Waals surface area contributed by atoms with Crippen LogP contribution in [0.3, 0.4) is 0 Å². The molecule has 0 aromatic carbocycles. The fourth-order valence-electron chi connectivity index (χ4n) is 1.09. The van der Waals surface area contributed by atoms with E-state index in [1.165, 1.54) is 17.4 Å². The fourth-order valence-corrected chi connectivity index (χ4v) is 1.90. The molecule has 6 heteroatoms. The molecule has 0 aliphatic carbocycles. The molecule has 0 saturated heterocycles. The minimum absolute atomic E-state index is 0.0600. The molecule has 1 rings (SSSR count). The molecule has 0 spiro atoms. The second-order valence-corrected chi connectivity index (χ2v) is 4.50. The van der Waals surface area contributed by atoms with E-state index < -0.39 is 5.91 Å². The summed E-state index contributed by atoms with van der Waals surface area (Å²) in [5.41, 5.74) is 11.0. The lowest BCUT2D eigenvalue weighted by Crippen LogP contribution is -2.28. The highest BCUT2D eigenvalue weighted by Crippen LogP contribution is 2.13. The highest BCUT2D eigenvalue weighted by Gasteiger charge is 2.11. The van der Waals surface area contributed by atoms with E-state index in [0.29, 0.717) is 17.0 Å². The van der Waals surface area contributed by atoms with Crippen molar-refractivity contribution in [3.63, 3.8) is 0 Å². The van der Waals surface area contributed by atoms with Gasteiger partial charge in [0.05, 0.1) is 10.4 Å². The minimum Gasteiger partial charge on any atom is -0.366 e. The van der Waals surface area contributed by atoms with Crippen molar-refractivity contribution in [3.8, 4) is 0 Å². The van der Waals surface area contributed by atoms with Crippen LogP contribution in [-0.4, -0.2) is 24.4 Å². The Balaban J connectivity index is 2.50. The smallest absolute Gasteiger partial charge is 0.261 e. The Morgan fingerprint density at radius 1 is 1.56 bits per heavy atom. The van der Waals surface area contributed by atoms with Crippen molar-refractivity contribution in [1.82, 2.24) is 5.32 Å². The lowest BCUT2D eigenvalue weighted by Gasteiger charge is -2.05. The molecule has 1 aromatic rings. The van der Waals surface area contributed by atoms with Gasteiger partial charge in [-0.05, 0) is 19.4 Å². The molecule has 5 N–H and O–H groups in total. The highest BCUT2D eigenvalue weighted by molar-refractivity contribution is 7.12. The molecule has 0 bridgehead atoms. The van der Waals surface area contributed by atoms with Gasteiger partial charge in [0.1, 0.15) is 0 Å². The maximum absolute atomic E-state index is 11.6. The lowest BCUT2D eigenvalue weighted by molar-refractivity contribution is 0.0956. The van der Waals surface area contributed by atoms with Crippen molar-refractivity contribution in [2.45, 2.75) is 19.4 Å². The number of primary amides is 1. The summed E-state index contributed by atoms with van der Waals surface area (Å²) in [6.45, 7) is 2.41. The molecule has 16 heavy (non-hydrogen) atoms. The molecular formula is C10H15N3O2S. The van der Waals surface area contributed by atoms with E-state index in [1.54, 1.807) is 5.38 Å². The summed E-state index contributed by atoms with van der Waals surface area (Å²) in [5, 5.41) is 4.29. The molecule has 1 aromatic heterocycles. The van der Waals surface area contributed by atoms with Gasteiger partial charge in [0.2, 0.25) is 5.91 Å². The molecule has 0 aliphatic heterocycles. The quantitative estimate of drug-likeness (QED) is 0.692. The van der Waals surface area contributed by atoms with Crippen molar-refractivity contribution in [1.29, 1.82) is 0 Å². The predicted molar refractivity (Wildman–Crippen MR) is 63.4 cm³/mol. The number of carbonyl (C=O) groups excluding carboxylic acids is 2. The monoisotopic (exact) mass is 241 g/mol. The van der Waals surface area contributed by atoms with Crippen LogP contribution < -0.4 is 16.8 Å². The Hall–Kier alpha value is -1.40. The van der Waals surface area contributed by atoms with E-state index >= 15 is 0 Å². The molecule has 1 heterocycles. The average molecular weight is 241 g/mol. The minimum atomic E-state index is -0.522. The molecule has 1 atom stereocenters. The van der Waals surface area contributed by atoms with Gasteiger partial charge in [0.25, 0.3) is 5.91 Å². The Morgan fingerprint density at radius 2 is 2.25 bits per heavy atom. The largest absolute Gasteiger partial charge is 0.366 e. The van der Waals surface area contributed by atoms with Crippen LogP contribution >= 0.6 is 11.3 Å². The molecule has 2 amide bonds. The first-order valence-corrected chi connectivity index (χ1v) is 5.80. The third-order valence-electron chi connectivity index (χ3n) is 1.99. The number of nitrogens with one attached hydrogen (secondary N) is 1. The highest BCUT2D eigenvalue weighted by atomic mass is 32.1. The molecule has 0 aliphatic rings. The third-order valence-corrected chi connectivity index (χ3v) is 2.92. The molecule has 5 nitrogen and oxygen atoms in total. The van der Waals surface area contributed by atoms with Crippen LogP contribution in [0, 0.1) is 0 Å². The topological polar surface area (TPSA) is 98.2 Å². The molecule has 0 saturated carbocycles. The van der Waals surface area contributed by atoms with Gasteiger partial charge in [-0.3, -0.25) is 9.59 Å². The van der Waals surface area contributed by atoms with Crippen LogP contribution in [0.4, 0.5) is 0 Å². The molecule has 1 unspecified atom stereocenters. The van der Waals surface area contributed by atoms with Gasteiger partial charge < -0.3 is 16.8 Å². The maximum atomic E-state index is 11.6. The van der Waals surface area contributed by atoms with E-state index in [0.717, 1.165) is 6.42 Å². The van der Waals surface area contributed by atoms with Crippen molar-refractivity contribution in [3.05, 3.63) is 21.9 Å². The third kappa shape index (κ3) is 3.63. The predicted octanol–water partition coefficient (Wildman–Crippen LogP) is 0.314. The van der Waals surface area contributed by atoms with Crippen molar-refractivity contribution in [2.24, 2.45) is 11.5 Å². The van der Waals surface area contributed by atoms with Gasteiger partial charge in [-0.15, -0.1) is 11.3 Å². The first-order valence-electron chi connectivity index (χ1n) is 4.93. The standard InChI is InChI=1S/C10H15N3O2S/c1-6(11)2-3-13-10(15)8-4-7(5-16-8)9(12)14/h4-6H,2-3,11H2,1H3,(H2,12,14)(H,13,15). The lowest BCUT2D eigenvalue weighted by atomic mass is 10.2. The fraction of sp³-hybridized carbons (Fsp3) is 0.400.